The van der Waals surface area contributed by atoms with Crippen molar-refractivity contribution < 1.29 is 9.59 Å². The highest BCUT2D eigenvalue weighted by Crippen LogP contribution is 2.25. The molecular weight excluding hydrogens is 462 g/mol. The normalized spacial score (nSPS) is 11.7. The van der Waals surface area contributed by atoms with Gasteiger partial charge in [0.25, 0.3) is 5.91 Å². The standard InChI is InChI=1S/C17H15Cl2IN2O2/c1-10(12-7-6-11(18)8-14(12)19)22-16(23)9-21-17(24)13-4-2-3-5-15(13)20/h2-8,10H,9H2,1H3,(H,21,24)(H,22,23). The number of nitrogens with one attached hydrogen (secondary N) is 2. The Balaban J connectivity index is 1.91. The van der Waals surface area contributed by atoms with Crippen LogP contribution in [0, 0.1) is 3.57 Å². The summed E-state index contributed by atoms with van der Waals surface area (Å²) in [5.41, 5.74) is 1.30. The van der Waals surface area contributed by atoms with Gasteiger partial charge in [0, 0.05) is 13.6 Å². The Hall–Kier alpha value is -1.31. The molecule has 0 aliphatic heterocycles. The Morgan fingerprint density at radius 1 is 1.17 bits per heavy atom. The second kappa shape index (κ2) is 8.69. The number of amides is 2. The van der Waals surface area contributed by atoms with Crippen LogP contribution in [0.3, 0.4) is 0 Å². The molecule has 2 rings (SSSR count). The van der Waals surface area contributed by atoms with E-state index in [0.717, 1.165) is 9.13 Å². The van der Waals surface area contributed by atoms with Gasteiger partial charge in [0.2, 0.25) is 5.91 Å². The van der Waals surface area contributed by atoms with Gasteiger partial charge in [0.1, 0.15) is 0 Å². The van der Waals surface area contributed by atoms with Gasteiger partial charge >= 0.3 is 0 Å². The predicted octanol–water partition coefficient (Wildman–Crippen LogP) is 4.21. The fourth-order valence-corrected chi connectivity index (χ4v) is 3.33. The topological polar surface area (TPSA) is 58.2 Å². The minimum absolute atomic E-state index is 0.112. The fraction of sp³-hybridized carbons (Fsp3) is 0.176. The van der Waals surface area contributed by atoms with Gasteiger partial charge in [-0.15, -0.1) is 0 Å². The van der Waals surface area contributed by atoms with E-state index in [1.165, 1.54) is 0 Å². The molecule has 7 heteroatoms. The summed E-state index contributed by atoms with van der Waals surface area (Å²) in [5.74, 6) is -0.583. The average molecular weight is 477 g/mol. The van der Waals surface area contributed by atoms with Crippen molar-refractivity contribution in [2.24, 2.45) is 0 Å². The van der Waals surface area contributed by atoms with Gasteiger partial charge in [-0.2, -0.15) is 0 Å². The lowest BCUT2D eigenvalue weighted by Crippen LogP contribution is -2.38. The van der Waals surface area contributed by atoms with Crippen LogP contribution in [-0.2, 0) is 4.79 Å². The summed E-state index contributed by atoms with van der Waals surface area (Å²) in [6.07, 6.45) is 0. The minimum Gasteiger partial charge on any atom is -0.348 e. The van der Waals surface area contributed by atoms with Crippen LogP contribution < -0.4 is 10.6 Å². The third-order valence-corrected chi connectivity index (χ3v) is 4.84. The van der Waals surface area contributed by atoms with Crippen LogP contribution in [0.5, 0.6) is 0 Å². The Morgan fingerprint density at radius 3 is 2.54 bits per heavy atom. The third-order valence-electron chi connectivity index (χ3n) is 3.33. The Kier molecular flexibility index (Phi) is 6.89. The van der Waals surface area contributed by atoms with Gasteiger partial charge in [-0.25, -0.2) is 0 Å². The molecule has 2 N–H and O–H groups in total. The van der Waals surface area contributed by atoms with Crippen molar-refractivity contribution in [2.45, 2.75) is 13.0 Å². The smallest absolute Gasteiger partial charge is 0.252 e. The van der Waals surface area contributed by atoms with Crippen LogP contribution in [0.1, 0.15) is 28.9 Å². The van der Waals surface area contributed by atoms with Crippen molar-refractivity contribution in [3.8, 4) is 0 Å². The second-order valence-electron chi connectivity index (χ2n) is 5.12. The molecule has 1 unspecified atom stereocenters. The maximum Gasteiger partial charge on any atom is 0.252 e. The Bertz CT molecular complexity index is 768. The largest absolute Gasteiger partial charge is 0.348 e. The van der Waals surface area contributed by atoms with Gasteiger partial charge in [-0.3, -0.25) is 9.59 Å². The summed E-state index contributed by atoms with van der Waals surface area (Å²) >= 11 is 14.1. The van der Waals surface area contributed by atoms with Gasteiger partial charge in [0.15, 0.2) is 0 Å². The van der Waals surface area contributed by atoms with Gasteiger partial charge in [0.05, 0.1) is 18.2 Å². The van der Waals surface area contributed by atoms with Crippen molar-refractivity contribution in [1.29, 1.82) is 0 Å². The Labute approximate surface area is 164 Å². The lowest BCUT2D eigenvalue weighted by atomic mass is 10.1. The first-order chi connectivity index (χ1) is 11.4. The second-order valence-corrected chi connectivity index (χ2v) is 7.12. The molecule has 4 nitrogen and oxygen atoms in total. The molecule has 2 amide bonds. The first-order valence-corrected chi connectivity index (χ1v) is 8.99. The molecule has 0 bridgehead atoms. The summed E-state index contributed by atoms with van der Waals surface area (Å²) in [7, 11) is 0. The van der Waals surface area contributed by atoms with E-state index < -0.39 is 0 Å². The molecule has 0 radical (unpaired) electrons. The van der Waals surface area contributed by atoms with E-state index in [1.807, 2.05) is 19.1 Å². The summed E-state index contributed by atoms with van der Waals surface area (Å²) < 4.78 is 0.828. The molecular formula is C17H15Cl2IN2O2. The lowest BCUT2D eigenvalue weighted by molar-refractivity contribution is -0.120. The van der Waals surface area contributed by atoms with Crippen molar-refractivity contribution in [2.75, 3.05) is 6.54 Å². The molecule has 2 aromatic rings. The van der Waals surface area contributed by atoms with Crippen molar-refractivity contribution in [3.63, 3.8) is 0 Å². The van der Waals surface area contributed by atoms with E-state index in [4.69, 9.17) is 23.2 Å². The summed E-state index contributed by atoms with van der Waals surface area (Å²) in [5, 5.41) is 6.42. The van der Waals surface area contributed by atoms with Crippen molar-refractivity contribution in [3.05, 3.63) is 67.2 Å². The maximum absolute atomic E-state index is 12.1. The summed E-state index contributed by atoms with van der Waals surface area (Å²) in [6.45, 7) is 1.70. The molecule has 0 heterocycles. The maximum atomic E-state index is 12.1. The van der Waals surface area contributed by atoms with E-state index in [9.17, 15) is 9.59 Å². The number of rotatable bonds is 5. The van der Waals surface area contributed by atoms with E-state index in [2.05, 4.69) is 33.2 Å². The molecule has 0 aromatic heterocycles. The Morgan fingerprint density at radius 2 is 1.88 bits per heavy atom. The predicted molar refractivity (Wildman–Crippen MR) is 105 cm³/mol. The zero-order chi connectivity index (χ0) is 17.7. The van der Waals surface area contributed by atoms with Crippen LogP contribution in [-0.4, -0.2) is 18.4 Å². The van der Waals surface area contributed by atoms with Crippen LogP contribution in [0.2, 0.25) is 10.0 Å². The van der Waals surface area contributed by atoms with Crippen LogP contribution in [0.25, 0.3) is 0 Å². The molecule has 2 aromatic carbocycles. The number of hydrogen-bond donors (Lipinski definition) is 2. The molecule has 24 heavy (non-hydrogen) atoms. The molecule has 0 saturated heterocycles. The van der Waals surface area contributed by atoms with Gasteiger partial charge in [-0.05, 0) is 59.3 Å². The summed E-state index contributed by atoms with van der Waals surface area (Å²) in [4.78, 5) is 24.1. The molecule has 0 aliphatic carbocycles. The average Bonchev–Trinajstić information content (AvgIpc) is 2.52. The third kappa shape index (κ3) is 5.09. The van der Waals surface area contributed by atoms with Crippen molar-refractivity contribution >= 4 is 57.6 Å². The molecule has 0 fully saturated rings. The number of halogens is 3. The van der Waals surface area contributed by atoms with Gasteiger partial charge in [-0.1, -0.05) is 41.4 Å². The van der Waals surface area contributed by atoms with E-state index >= 15 is 0 Å². The summed E-state index contributed by atoms with van der Waals surface area (Å²) in [6, 6.07) is 12.0. The highest BCUT2D eigenvalue weighted by Gasteiger charge is 2.15. The number of benzene rings is 2. The fourth-order valence-electron chi connectivity index (χ4n) is 2.12. The quantitative estimate of drug-likeness (QED) is 0.635. The lowest BCUT2D eigenvalue weighted by Gasteiger charge is -2.16. The van der Waals surface area contributed by atoms with E-state index in [0.29, 0.717) is 15.6 Å². The van der Waals surface area contributed by atoms with E-state index in [1.54, 1.807) is 30.3 Å². The first kappa shape index (κ1) is 19.0. The van der Waals surface area contributed by atoms with Crippen LogP contribution in [0.4, 0.5) is 0 Å². The SMILES string of the molecule is CC(NC(=O)CNC(=O)c1ccccc1I)c1ccc(Cl)cc1Cl. The monoisotopic (exact) mass is 476 g/mol. The number of hydrogen-bond acceptors (Lipinski definition) is 2. The molecule has 0 spiro atoms. The molecule has 0 aliphatic rings. The molecule has 0 saturated carbocycles. The zero-order valence-corrected chi connectivity index (χ0v) is 16.4. The first-order valence-electron chi connectivity index (χ1n) is 7.15. The molecule has 126 valence electrons. The van der Waals surface area contributed by atoms with Gasteiger partial charge < -0.3 is 10.6 Å². The highest BCUT2D eigenvalue weighted by molar-refractivity contribution is 14.1. The zero-order valence-electron chi connectivity index (χ0n) is 12.8. The molecule has 1 atom stereocenters. The van der Waals surface area contributed by atoms with Crippen molar-refractivity contribution in [1.82, 2.24) is 10.6 Å². The minimum atomic E-state index is -0.298. The number of carbonyl (C=O) groups is 2. The number of carbonyl (C=O) groups excluding carboxylic acids is 2. The highest BCUT2D eigenvalue weighted by atomic mass is 127. The van der Waals surface area contributed by atoms with E-state index in [-0.39, 0.29) is 24.4 Å². The van der Waals surface area contributed by atoms with Crippen LogP contribution >= 0.6 is 45.8 Å². The van der Waals surface area contributed by atoms with Crippen LogP contribution in [0.15, 0.2) is 42.5 Å².